The third kappa shape index (κ3) is 4.30. The molecule has 0 aromatic heterocycles. The number of hydrogen-bond donors (Lipinski definition) is 2. The highest BCUT2D eigenvalue weighted by molar-refractivity contribution is 7.98. The molecular weight excluding hydrogens is 242 g/mol. The number of aliphatic hydroxyl groups excluding tert-OH is 1. The molecule has 0 saturated heterocycles. The summed E-state index contributed by atoms with van der Waals surface area (Å²) in [6, 6.07) is 6.74. The molecule has 0 saturated carbocycles. The number of benzene rings is 1. The first-order valence-corrected chi connectivity index (χ1v) is 7.93. The van der Waals surface area contributed by atoms with Crippen molar-refractivity contribution in [2.75, 3.05) is 12.8 Å². The van der Waals surface area contributed by atoms with Crippen LogP contribution in [0.1, 0.15) is 44.4 Å². The van der Waals surface area contributed by atoms with E-state index < -0.39 is 6.10 Å². The van der Waals surface area contributed by atoms with E-state index in [-0.39, 0.29) is 0 Å². The Labute approximate surface area is 115 Å². The predicted octanol–water partition coefficient (Wildman–Crippen LogP) is 3.39. The topological polar surface area (TPSA) is 32.3 Å². The van der Waals surface area contributed by atoms with Gasteiger partial charge in [-0.2, -0.15) is 0 Å². The molecule has 0 spiro atoms. The van der Waals surface area contributed by atoms with Gasteiger partial charge in [0.15, 0.2) is 0 Å². The van der Waals surface area contributed by atoms with Gasteiger partial charge < -0.3 is 10.4 Å². The zero-order chi connectivity index (χ0) is 13.5. The maximum atomic E-state index is 10.2. The molecule has 18 heavy (non-hydrogen) atoms. The highest BCUT2D eigenvalue weighted by atomic mass is 32.2. The van der Waals surface area contributed by atoms with Gasteiger partial charge in [0, 0.05) is 17.5 Å². The standard InChI is InChI=1S/C15H25NOS/c1-5-11(3)16-10-14(17)13-7-8-15(18-4)12(6-2)9-13/h7-9,11,14,16-17H,5-6,10H2,1-4H3. The average molecular weight is 267 g/mol. The van der Waals surface area contributed by atoms with Crippen molar-refractivity contribution in [3.63, 3.8) is 0 Å². The summed E-state index contributed by atoms with van der Waals surface area (Å²) in [4.78, 5) is 1.31. The molecule has 2 unspecified atom stereocenters. The first-order chi connectivity index (χ1) is 8.62. The largest absolute Gasteiger partial charge is 0.387 e. The molecule has 102 valence electrons. The Morgan fingerprint density at radius 3 is 2.61 bits per heavy atom. The Kier molecular flexibility index (Phi) is 6.76. The zero-order valence-corrected chi connectivity index (χ0v) is 12.7. The summed E-state index contributed by atoms with van der Waals surface area (Å²) in [6.07, 6.45) is 3.77. The SMILES string of the molecule is CCc1cc(C(O)CNC(C)CC)ccc1SC. The van der Waals surface area contributed by atoms with E-state index in [0.717, 1.165) is 18.4 Å². The van der Waals surface area contributed by atoms with Crippen LogP contribution in [0.5, 0.6) is 0 Å². The van der Waals surface area contributed by atoms with Gasteiger partial charge in [-0.05, 0) is 43.2 Å². The van der Waals surface area contributed by atoms with E-state index in [1.807, 2.05) is 6.07 Å². The Balaban J connectivity index is 2.70. The number of aliphatic hydroxyl groups is 1. The molecule has 0 fully saturated rings. The van der Waals surface area contributed by atoms with E-state index in [1.54, 1.807) is 11.8 Å². The van der Waals surface area contributed by atoms with Gasteiger partial charge in [-0.25, -0.2) is 0 Å². The van der Waals surface area contributed by atoms with Gasteiger partial charge >= 0.3 is 0 Å². The average Bonchev–Trinajstić information content (AvgIpc) is 2.43. The molecule has 0 amide bonds. The number of thioether (sulfide) groups is 1. The van der Waals surface area contributed by atoms with Crippen LogP contribution < -0.4 is 5.32 Å². The fourth-order valence-corrected chi connectivity index (χ4v) is 2.53. The lowest BCUT2D eigenvalue weighted by atomic mass is 10.0. The lowest BCUT2D eigenvalue weighted by molar-refractivity contribution is 0.170. The van der Waals surface area contributed by atoms with Gasteiger partial charge in [0.2, 0.25) is 0 Å². The van der Waals surface area contributed by atoms with Gasteiger partial charge in [-0.1, -0.05) is 26.0 Å². The summed E-state index contributed by atoms with van der Waals surface area (Å²) in [5.74, 6) is 0. The van der Waals surface area contributed by atoms with Gasteiger partial charge in [0.25, 0.3) is 0 Å². The quantitative estimate of drug-likeness (QED) is 0.743. The molecule has 2 nitrogen and oxygen atoms in total. The van der Waals surface area contributed by atoms with Crippen LogP contribution in [0.2, 0.25) is 0 Å². The molecule has 0 radical (unpaired) electrons. The van der Waals surface area contributed by atoms with E-state index in [1.165, 1.54) is 10.5 Å². The van der Waals surface area contributed by atoms with E-state index in [9.17, 15) is 5.11 Å². The summed E-state index contributed by atoms with van der Waals surface area (Å²) in [5.41, 5.74) is 2.34. The minimum atomic E-state index is -0.416. The molecule has 2 atom stereocenters. The van der Waals surface area contributed by atoms with Gasteiger partial charge in [0.1, 0.15) is 0 Å². The number of hydrogen-bond acceptors (Lipinski definition) is 3. The predicted molar refractivity (Wildman–Crippen MR) is 80.3 cm³/mol. The molecule has 0 bridgehead atoms. The summed E-state index contributed by atoms with van der Waals surface area (Å²) in [7, 11) is 0. The second-order valence-electron chi connectivity index (χ2n) is 4.66. The lowest BCUT2D eigenvalue weighted by Gasteiger charge is -2.17. The molecule has 3 heteroatoms. The third-order valence-electron chi connectivity index (χ3n) is 3.34. The molecule has 1 rings (SSSR count). The maximum Gasteiger partial charge on any atom is 0.0914 e. The van der Waals surface area contributed by atoms with E-state index >= 15 is 0 Å². The summed E-state index contributed by atoms with van der Waals surface area (Å²) >= 11 is 1.77. The fourth-order valence-electron chi connectivity index (χ4n) is 1.86. The fraction of sp³-hybridized carbons (Fsp3) is 0.600. The third-order valence-corrected chi connectivity index (χ3v) is 4.18. The first kappa shape index (κ1) is 15.5. The van der Waals surface area contributed by atoms with Crippen molar-refractivity contribution in [2.24, 2.45) is 0 Å². The zero-order valence-electron chi connectivity index (χ0n) is 11.9. The Morgan fingerprint density at radius 2 is 2.06 bits per heavy atom. The monoisotopic (exact) mass is 267 g/mol. The molecule has 0 heterocycles. The smallest absolute Gasteiger partial charge is 0.0914 e. The van der Waals surface area contributed by atoms with Crippen molar-refractivity contribution in [3.05, 3.63) is 29.3 Å². The van der Waals surface area contributed by atoms with Gasteiger partial charge in [0.05, 0.1) is 6.10 Å². The summed E-state index contributed by atoms with van der Waals surface area (Å²) in [6.45, 7) is 7.06. The van der Waals surface area contributed by atoms with Crippen molar-refractivity contribution in [2.45, 2.75) is 50.7 Å². The maximum absolute atomic E-state index is 10.2. The highest BCUT2D eigenvalue weighted by Crippen LogP contribution is 2.24. The van der Waals surface area contributed by atoms with Gasteiger partial charge in [-0.3, -0.25) is 0 Å². The van der Waals surface area contributed by atoms with Crippen LogP contribution in [0.15, 0.2) is 23.1 Å². The molecular formula is C15H25NOS. The Bertz CT molecular complexity index is 368. The Morgan fingerprint density at radius 1 is 1.33 bits per heavy atom. The lowest BCUT2D eigenvalue weighted by Crippen LogP contribution is -2.29. The van der Waals surface area contributed by atoms with Gasteiger partial charge in [-0.15, -0.1) is 11.8 Å². The molecule has 1 aromatic rings. The van der Waals surface area contributed by atoms with Crippen LogP contribution in [-0.2, 0) is 6.42 Å². The molecule has 1 aromatic carbocycles. The van der Waals surface area contributed by atoms with Crippen LogP contribution in [0, 0.1) is 0 Å². The van der Waals surface area contributed by atoms with Crippen LogP contribution in [-0.4, -0.2) is 23.9 Å². The molecule has 0 aliphatic heterocycles. The molecule has 0 aliphatic carbocycles. The van der Waals surface area contributed by atoms with E-state index in [4.69, 9.17) is 0 Å². The van der Waals surface area contributed by atoms with Crippen LogP contribution in [0.25, 0.3) is 0 Å². The van der Waals surface area contributed by atoms with Crippen LogP contribution >= 0.6 is 11.8 Å². The van der Waals surface area contributed by atoms with Crippen molar-refractivity contribution in [1.29, 1.82) is 0 Å². The minimum Gasteiger partial charge on any atom is -0.387 e. The second kappa shape index (κ2) is 7.82. The molecule has 0 aliphatic rings. The van der Waals surface area contributed by atoms with Crippen molar-refractivity contribution in [3.8, 4) is 0 Å². The number of rotatable bonds is 7. The number of nitrogens with one attached hydrogen (secondary N) is 1. The van der Waals surface area contributed by atoms with E-state index in [2.05, 4.69) is 44.5 Å². The highest BCUT2D eigenvalue weighted by Gasteiger charge is 2.10. The van der Waals surface area contributed by atoms with Crippen molar-refractivity contribution < 1.29 is 5.11 Å². The van der Waals surface area contributed by atoms with E-state index in [0.29, 0.717) is 12.6 Å². The number of aryl methyl sites for hydroxylation is 1. The minimum absolute atomic E-state index is 0.416. The second-order valence-corrected chi connectivity index (χ2v) is 5.51. The molecule has 2 N–H and O–H groups in total. The van der Waals surface area contributed by atoms with Crippen LogP contribution in [0.3, 0.4) is 0 Å². The van der Waals surface area contributed by atoms with Crippen molar-refractivity contribution >= 4 is 11.8 Å². The normalized spacial score (nSPS) is 14.5. The van der Waals surface area contributed by atoms with Crippen LogP contribution in [0.4, 0.5) is 0 Å². The van der Waals surface area contributed by atoms with Crippen molar-refractivity contribution in [1.82, 2.24) is 5.32 Å². The summed E-state index contributed by atoms with van der Waals surface area (Å²) < 4.78 is 0. The Hall–Kier alpha value is -0.510. The first-order valence-electron chi connectivity index (χ1n) is 6.70. The summed E-state index contributed by atoms with van der Waals surface area (Å²) in [5, 5.41) is 13.5.